The Balaban J connectivity index is 1.66. The van der Waals surface area contributed by atoms with E-state index in [0.717, 1.165) is 26.2 Å². The maximum atomic E-state index is 12.5. The van der Waals surface area contributed by atoms with Gasteiger partial charge in [0.15, 0.2) is 0 Å². The van der Waals surface area contributed by atoms with Crippen LogP contribution >= 0.6 is 0 Å². The summed E-state index contributed by atoms with van der Waals surface area (Å²) < 4.78 is 0. The standard InChI is InChI=1S/C19H25N5O/c1-23(2)12-17-13-24(11-15-6-4-3-5-7-15)14-18(17)22-19(25)16-8-9-20-21-10-16/h3-10,17-18H,11-14H2,1-2H3,(H,22,25)/t17-,18-/m1/s1. The Bertz CT molecular complexity index is 677. The molecule has 0 saturated carbocycles. The summed E-state index contributed by atoms with van der Waals surface area (Å²) in [6.45, 7) is 3.70. The summed E-state index contributed by atoms with van der Waals surface area (Å²) in [6, 6.07) is 12.3. The van der Waals surface area contributed by atoms with Crippen LogP contribution in [0.2, 0.25) is 0 Å². The third-order valence-electron chi connectivity index (χ3n) is 4.53. The molecule has 1 saturated heterocycles. The molecule has 1 aromatic heterocycles. The molecule has 1 aliphatic heterocycles. The maximum absolute atomic E-state index is 12.5. The molecule has 1 N–H and O–H groups in total. The molecular formula is C19H25N5O. The van der Waals surface area contributed by atoms with Crippen molar-refractivity contribution < 1.29 is 4.79 Å². The quantitative estimate of drug-likeness (QED) is 0.859. The van der Waals surface area contributed by atoms with Crippen LogP contribution in [-0.4, -0.2) is 65.7 Å². The fraction of sp³-hybridized carbons (Fsp3) is 0.421. The average molecular weight is 339 g/mol. The Labute approximate surface area is 148 Å². The van der Waals surface area contributed by atoms with Gasteiger partial charge in [-0.15, -0.1) is 0 Å². The van der Waals surface area contributed by atoms with Crippen molar-refractivity contribution in [1.82, 2.24) is 25.3 Å². The molecular weight excluding hydrogens is 314 g/mol. The van der Waals surface area contributed by atoms with Gasteiger partial charge in [-0.05, 0) is 25.7 Å². The Kier molecular flexibility index (Phi) is 5.73. The summed E-state index contributed by atoms with van der Waals surface area (Å²) in [5.74, 6) is 0.322. The lowest BCUT2D eigenvalue weighted by Crippen LogP contribution is -2.43. The molecule has 2 atom stereocenters. The van der Waals surface area contributed by atoms with Gasteiger partial charge in [0.25, 0.3) is 5.91 Å². The van der Waals surface area contributed by atoms with Crippen molar-refractivity contribution in [3.8, 4) is 0 Å². The number of rotatable bonds is 6. The zero-order valence-corrected chi connectivity index (χ0v) is 14.8. The van der Waals surface area contributed by atoms with Crippen molar-refractivity contribution in [2.45, 2.75) is 12.6 Å². The van der Waals surface area contributed by atoms with Crippen LogP contribution in [-0.2, 0) is 6.54 Å². The summed E-state index contributed by atoms with van der Waals surface area (Å²) in [7, 11) is 4.15. The summed E-state index contributed by atoms with van der Waals surface area (Å²) >= 11 is 0. The Hall–Kier alpha value is -2.31. The molecule has 3 rings (SSSR count). The summed E-state index contributed by atoms with van der Waals surface area (Å²) in [4.78, 5) is 17.1. The van der Waals surface area contributed by atoms with Crippen molar-refractivity contribution >= 4 is 5.91 Å². The number of hydrogen-bond acceptors (Lipinski definition) is 5. The van der Waals surface area contributed by atoms with E-state index in [2.05, 4.69) is 63.7 Å². The highest BCUT2D eigenvalue weighted by atomic mass is 16.1. The largest absolute Gasteiger partial charge is 0.348 e. The van der Waals surface area contributed by atoms with Crippen LogP contribution in [0, 0.1) is 5.92 Å². The van der Waals surface area contributed by atoms with Crippen LogP contribution < -0.4 is 5.32 Å². The molecule has 0 spiro atoms. The minimum absolute atomic E-state index is 0.0785. The zero-order valence-electron chi connectivity index (χ0n) is 14.8. The molecule has 2 aromatic rings. The van der Waals surface area contributed by atoms with Crippen LogP contribution in [0.15, 0.2) is 48.8 Å². The summed E-state index contributed by atoms with van der Waals surface area (Å²) in [5.41, 5.74) is 1.86. The van der Waals surface area contributed by atoms with Gasteiger partial charge >= 0.3 is 0 Å². The van der Waals surface area contributed by atoms with E-state index < -0.39 is 0 Å². The van der Waals surface area contributed by atoms with Gasteiger partial charge < -0.3 is 10.2 Å². The molecule has 6 heteroatoms. The lowest BCUT2D eigenvalue weighted by atomic mass is 10.0. The molecule has 132 valence electrons. The predicted octanol–water partition coefficient (Wildman–Crippen LogP) is 1.27. The van der Waals surface area contributed by atoms with Crippen LogP contribution in [0.1, 0.15) is 15.9 Å². The van der Waals surface area contributed by atoms with E-state index in [1.807, 2.05) is 6.07 Å². The van der Waals surface area contributed by atoms with E-state index in [1.165, 1.54) is 11.8 Å². The van der Waals surface area contributed by atoms with Crippen molar-refractivity contribution in [3.05, 3.63) is 59.9 Å². The topological polar surface area (TPSA) is 61.4 Å². The number of aromatic nitrogens is 2. The van der Waals surface area contributed by atoms with Crippen LogP contribution in [0.5, 0.6) is 0 Å². The van der Waals surface area contributed by atoms with Gasteiger partial charge in [0, 0.05) is 38.1 Å². The molecule has 0 bridgehead atoms. The van der Waals surface area contributed by atoms with E-state index >= 15 is 0 Å². The van der Waals surface area contributed by atoms with Gasteiger partial charge in [0.1, 0.15) is 0 Å². The van der Waals surface area contributed by atoms with Gasteiger partial charge in [-0.1, -0.05) is 30.3 Å². The van der Waals surface area contributed by atoms with E-state index in [-0.39, 0.29) is 11.9 Å². The number of carbonyl (C=O) groups excluding carboxylic acids is 1. The Morgan fingerprint density at radius 1 is 1.20 bits per heavy atom. The fourth-order valence-corrected chi connectivity index (χ4v) is 3.43. The van der Waals surface area contributed by atoms with Crippen molar-refractivity contribution in [3.63, 3.8) is 0 Å². The smallest absolute Gasteiger partial charge is 0.253 e. The molecule has 6 nitrogen and oxygen atoms in total. The molecule has 1 amide bonds. The Morgan fingerprint density at radius 2 is 2.00 bits per heavy atom. The van der Waals surface area contributed by atoms with E-state index in [0.29, 0.717) is 11.5 Å². The SMILES string of the molecule is CN(C)C[C@@H]1CN(Cc2ccccc2)C[C@H]1NC(=O)c1ccnnc1. The fourth-order valence-electron chi connectivity index (χ4n) is 3.43. The van der Waals surface area contributed by atoms with E-state index in [9.17, 15) is 4.79 Å². The molecule has 1 fully saturated rings. The Morgan fingerprint density at radius 3 is 2.68 bits per heavy atom. The van der Waals surface area contributed by atoms with Crippen LogP contribution in [0.3, 0.4) is 0 Å². The predicted molar refractivity (Wildman–Crippen MR) is 97.0 cm³/mol. The number of hydrogen-bond donors (Lipinski definition) is 1. The zero-order chi connectivity index (χ0) is 17.6. The maximum Gasteiger partial charge on any atom is 0.253 e. The molecule has 1 aliphatic rings. The molecule has 0 unspecified atom stereocenters. The third-order valence-corrected chi connectivity index (χ3v) is 4.53. The lowest BCUT2D eigenvalue weighted by molar-refractivity contribution is 0.0926. The van der Waals surface area contributed by atoms with E-state index in [4.69, 9.17) is 0 Å². The van der Waals surface area contributed by atoms with Crippen molar-refractivity contribution in [1.29, 1.82) is 0 Å². The number of likely N-dealkylation sites (tertiary alicyclic amines) is 1. The number of carbonyl (C=O) groups is 1. The monoisotopic (exact) mass is 339 g/mol. The number of nitrogens with one attached hydrogen (secondary N) is 1. The second kappa shape index (κ2) is 8.18. The van der Waals surface area contributed by atoms with Gasteiger partial charge in [0.2, 0.25) is 0 Å². The van der Waals surface area contributed by atoms with Gasteiger partial charge in [-0.2, -0.15) is 10.2 Å². The normalized spacial score (nSPS) is 20.8. The molecule has 2 heterocycles. The van der Waals surface area contributed by atoms with Gasteiger partial charge in [-0.3, -0.25) is 9.69 Å². The highest BCUT2D eigenvalue weighted by Gasteiger charge is 2.34. The number of amides is 1. The first-order chi connectivity index (χ1) is 12.1. The molecule has 0 radical (unpaired) electrons. The van der Waals surface area contributed by atoms with Crippen molar-refractivity contribution in [2.24, 2.45) is 5.92 Å². The van der Waals surface area contributed by atoms with Gasteiger partial charge in [0.05, 0.1) is 18.0 Å². The van der Waals surface area contributed by atoms with Crippen molar-refractivity contribution in [2.75, 3.05) is 33.7 Å². The van der Waals surface area contributed by atoms with Crippen LogP contribution in [0.4, 0.5) is 0 Å². The van der Waals surface area contributed by atoms with Gasteiger partial charge in [-0.25, -0.2) is 0 Å². The second-order valence-corrected chi connectivity index (χ2v) is 6.91. The number of nitrogens with zero attached hydrogens (tertiary/aromatic N) is 4. The third kappa shape index (κ3) is 4.84. The minimum Gasteiger partial charge on any atom is -0.348 e. The molecule has 25 heavy (non-hydrogen) atoms. The first-order valence-electron chi connectivity index (χ1n) is 8.60. The molecule has 1 aromatic carbocycles. The second-order valence-electron chi connectivity index (χ2n) is 6.91. The first kappa shape index (κ1) is 17.5. The highest BCUT2D eigenvalue weighted by Crippen LogP contribution is 2.20. The van der Waals surface area contributed by atoms with Crippen LogP contribution in [0.25, 0.3) is 0 Å². The minimum atomic E-state index is -0.0785. The summed E-state index contributed by atoms with van der Waals surface area (Å²) in [6.07, 6.45) is 3.05. The number of benzene rings is 1. The average Bonchev–Trinajstić information content (AvgIpc) is 2.96. The summed E-state index contributed by atoms with van der Waals surface area (Å²) in [5, 5.41) is 10.7. The highest BCUT2D eigenvalue weighted by molar-refractivity contribution is 5.93. The lowest BCUT2D eigenvalue weighted by Gasteiger charge is -2.22. The van der Waals surface area contributed by atoms with E-state index in [1.54, 1.807) is 12.3 Å². The molecule has 0 aliphatic carbocycles. The first-order valence-corrected chi connectivity index (χ1v) is 8.60.